The Morgan fingerprint density at radius 3 is 2.41 bits per heavy atom. The van der Waals surface area contributed by atoms with Gasteiger partial charge < -0.3 is 10.2 Å². The Morgan fingerprint density at radius 2 is 1.91 bits per heavy atom. The highest BCUT2D eigenvalue weighted by Gasteiger charge is 2.16. The number of thiophene rings is 1. The van der Waals surface area contributed by atoms with E-state index in [0.717, 1.165) is 22.7 Å². The van der Waals surface area contributed by atoms with Crippen LogP contribution in [0.1, 0.15) is 47.7 Å². The number of nitrogens with zero attached hydrogens (tertiary/aromatic N) is 1. The predicted molar refractivity (Wildman–Crippen MR) is 92.6 cm³/mol. The van der Waals surface area contributed by atoms with E-state index in [2.05, 4.69) is 24.1 Å². The SMILES string of the molecule is Cc1ccc(C(=O)CCC(=O)NC(CC(C)C)CN(C)C)s1. The van der Waals surface area contributed by atoms with Crippen molar-refractivity contribution in [2.24, 2.45) is 5.92 Å². The molecule has 4 nitrogen and oxygen atoms in total. The average molecular weight is 324 g/mol. The summed E-state index contributed by atoms with van der Waals surface area (Å²) < 4.78 is 0. The van der Waals surface area contributed by atoms with E-state index >= 15 is 0 Å². The second-order valence-electron chi connectivity index (χ2n) is 6.49. The number of ketones is 1. The lowest BCUT2D eigenvalue weighted by Crippen LogP contribution is -2.42. The molecule has 0 spiro atoms. The maximum Gasteiger partial charge on any atom is 0.220 e. The average Bonchev–Trinajstić information content (AvgIpc) is 2.81. The first-order chi connectivity index (χ1) is 10.3. The van der Waals surface area contributed by atoms with Crippen molar-refractivity contribution in [3.05, 3.63) is 21.9 Å². The summed E-state index contributed by atoms with van der Waals surface area (Å²) in [6.45, 7) is 7.10. The first kappa shape index (κ1) is 18.8. The molecule has 0 bridgehead atoms. The molecule has 22 heavy (non-hydrogen) atoms. The number of Topliss-reactive ketones (excluding diaryl/α,β-unsaturated/α-hetero) is 1. The van der Waals surface area contributed by atoms with Crippen LogP contribution in [0.25, 0.3) is 0 Å². The van der Waals surface area contributed by atoms with Crippen molar-refractivity contribution in [3.8, 4) is 0 Å². The highest BCUT2D eigenvalue weighted by atomic mass is 32.1. The van der Waals surface area contributed by atoms with Crippen molar-refractivity contribution in [1.82, 2.24) is 10.2 Å². The molecule has 0 fully saturated rings. The molecule has 0 aliphatic rings. The first-order valence-corrected chi connectivity index (χ1v) is 8.63. The predicted octanol–water partition coefficient (Wildman–Crippen LogP) is 3.11. The number of aryl methyl sites for hydroxylation is 1. The summed E-state index contributed by atoms with van der Waals surface area (Å²) in [5.74, 6) is 0.552. The quantitative estimate of drug-likeness (QED) is 0.710. The summed E-state index contributed by atoms with van der Waals surface area (Å²) in [4.78, 5) is 28.0. The molecule has 0 aliphatic heterocycles. The Balaban J connectivity index is 2.44. The molecule has 1 amide bonds. The summed E-state index contributed by atoms with van der Waals surface area (Å²) in [6.07, 6.45) is 1.49. The molecule has 1 N–H and O–H groups in total. The molecule has 0 aliphatic carbocycles. The molecule has 1 aromatic heterocycles. The fraction of sp³-hybridized carbons (Fsp3) is 0.647. The molecule has 1 unspecified atom stereocenters. The van der Waals surface area contributed by atoms with E-state index in [1.54, 1.807) is 0 Å². The number of hydrogen-bond acceptors (Lipinski definition) is 4. The van der Waals surface area contributed by atoms with E-state index in [1.807, 2.05) is 33.2 Å². The van der Waals surface area contributed by atoms with Crippen LogP contribution in [0.3, 0.4) is 0 Å². The van der Waals surface area contributed by atoms with E-state index in [0.29, 0.717) is 5.92 Å². The molecule has 0 radical (unpaired) electrons. The van der Waals surface area contributed by atoms with Gasteiger partial charge in [0.2, 0.25) is 5.91 Å². The summed E-state index contributed by atoms with van der Waals surface area (Å²) in [5, 5.41) is 3.06. The van der Waals surface area contributed by atoms with Gasteiger partial charge in [-0.25, -0.2) is 0 Å². The zero-order chi connectivity index (χ0) is 16.7. The molecule has 124 valence electrons. The number of amides is 1. The third-order valence-electron chi connectivity index (χ3n) is 3.30. The number of likely N-dealkylation sites (N-methyl/N-ethyl adjacent to an activating group) is 1. The summed E-state index contributed by atoms with van der Waals surface area (Å²) >= 11 is 1.49. The Kier molecular flexibility index (Phi) is 7.76. The number of rotatable bonds is 9. The van der Waals surface area contributed by atoms with E-state index < -0.39 is 0 Å². The number of carbonyl (C=O) groups is 2. The van der Waals surface area contributed by atoms with Gasteiger partial charge in [-0.3, -0.25) is 9.59 Å². The molecule has 0 saturated heterocycles. The maximum absolute atomic E-state index is 12.1. The first-order valence-electron chi connectivity index (χ1n) is 7.81. The van der Waals surface area contributed by atoms with E-state index in [9.17, 15) is 9.59 Å². The lowest BCUT2D eigenvalue weighted by Gasteiger charge is -2.24. The molecule has 5 heteroatoms. The second kappa shape index (κ2) is 9.06. The summed E-state index contributed by atoms with van der Waals surface area (Å²) in [6, 6.07) is 3.92. The standard InChI is InChI=1S/C17H28N2O2S/c1-12(2)10-14(11-19(4)5)18-17(21)9-7-15(20)16-8-6-13(3)22-16/h6,8,12,14H,7,9-11H2,1-5H3,(H,18,21). The Bertz CT molecular complexity index is 485. The van der Waals surface area contributed by atoms with Gasteiger partial charge in [0.15, 0.2) is 5.78 Å². The number of nitrogens with one attached hydrogen (secondary N) is 1. The van der Waals surface area contributed by atoms with Gasteiger partial charge in [-0.1, -0.05) is 13.8 Å². The van der Waals surface area contributed by atoms with Gasteiger partial charge in [0, 0.05) is 30.3 Å². The smallest absolute Gasteiger partial charge is 0.220 e. The van der Waals surface area contributed by atoms with Crippen LogP contribution in [0.15, 0.2) is 12.1 Å². The summed E-state index contributed by atoms with van der Waals surface area (Å²) in [5.41, 5.74) is 0. The van der Waals surface area contributed by atoms with E-state index in [4.69, 9.17) is 0 Å². The third-order valence-corrected chi connectivity index (χ3v) is 4.34. The van der Waals surface area contributed by atoms with Crippen molar-refractivity contribution in [2.45, 2.75) is 46.1 Å². The fourth-order valence-corrected chi connectivity index (χ4v) is 3.26. The minimum absolute atomic E-state index is 0.0332. The molecule has 0 saturated carbocycles. The normalized spacial score (nSPS) is 12.7. The van der Waals surface area contributed by atoms with Crippen molar-refractivity contribution < 1.29 is 9.59 Å². The minimum Gasteiger partial charge on any atom is -0.352 e. The Labute approximate surface area is 137 Å². The largest absolute Gasteiger partial charge is 0.352 e. The van der Waals surface area contributed by atoms with Gasteiger partial charge in [-0.05, 0) is 45.5 Å². The van der Waals surface area contributed by atoms with Crippen molar-refractivity contribution in [3.63, 3.8) is 0 Å². The van der Waals surface area contributed by atoms with Crippen molar-refractivity contribution in [1.29, 1.82) is 0 Å². The van der Waals surface area contributed by atoms with Crippen LogP contribution in [0.4, 0.5) is 0 Å². The van der Waals surface area contributed by atoms with Gasteiger partial charge in [0.1, 0.15) is 0 Å². The third kappa shape index (κ3) is 7.18. The highest BCUT2D eigenvalue weighted by molar-refractivity contribution is 7.14. The lowest BCUT2D eigenvalue weighted by atomic mass is 10.0. The van der Waals surface area contributed by atoms with Crippen LogP contribution in [0.2, 0.25) is 0 Å². The lowest BCUT2D eigenvalue weighted by molar-refractivity contribution is -0.121. The van der Waals surface area contributed by atoms with E-state index in [-0.39, 0.29) is 30.6 Å². The molecule has 1 aromatic rings. The van der Waals surface area contributed by atoms with Crippen LogP contribution in [0.5, 0.6) is 0 Å². The van der Waals surface area contributed by atoms with Crippen LogP contribution in [0, 0.1) is 12.8 Å². The Morgan fingerprint density at radius 1 is 1.23 bits per heavy atom. The van der Waals surface area contributed by atoms with Crippen LogP contribution in [-0.4, -0.2) is 43.3 Å². The Hall–Kier alpha value is -1.20. The van der Waals surface area contributed by atoms with Crippen molar-refractivity contribution >= 4 is 23.0 Å². The van der Waals surface area contributed by atoms with Gasteiger partial charge >= 0.3 is 0 Å². The van der Waals surface area contributed by atoms with Gasteiger partial charge in [-0.15, -0.1) is 11.3 Å². The topological polar surface area (TPSA) is 49.4 Å². The number of carbonyl (C=O) groups excluding carboxylic acids is 2. The molecule has 1 atom stereocenters. The molecule has 1 rings (SSSR count). The molecule has 0 aromatic carbocycles. The second-order valence-corrected chi connectivity index (χ2v) is 7.78. The minimum atomic E-state index is -0.0332. The maximum atomic E-state index is 12.1. The van der Waals surface area contributed by atoms with Crippen LogP contribution in [-0.2, 0) is 4.79 Å². The molecule has 1 heterocycles. The summed E-state index contributed by atoms with van der Waals surface area (Å²) in [7, 11) is 4.00. The monoisotopic (exact) mass is 324 g/mol. The zero-order valence-electron chi connectivity index (χ0n) is 14.3. The zero-order valence-corrected chi connectivity index (χ0v) is 15.1. The van der Waals surface area contributed by atoms with Gasteiger partial charge in [-0.2, -0.15) is 0 Å². The van der Waals surface area contributed by atoms with Crippen LogP contribution < -0.4 is 5.32 Å². The highest BCUT2D eigenvalue weighted by Crippen LogP contribution is 2.17. The molecular formula is C17H28N2O2S. The number of hydrogen-bond donors (Lipinski definition) is 1. The molecular weight excluding hydrogens is 296 g/mol. The fourth-order valence-electron chi connectivity index (χ4n) is 2.42. The van der Waals surface area contributed by atoms with Crippen molar-refractivity contribution in [2.75, 3.05) is 20.6 Å². The van der Waals surface area contributed by atoms with E-state index in [1.165, 1.54) is 11.3 Å². The van der Waals surface area contributed by atoms with Gasteiger partial charge in [0.25, 0.3) is 0 Å². The van der Waals surface area contributed by atoms with Crippen LogP contribution >= 0.6 is 11.3 Å². The van der Waals surface area contributed by atoms with Gasteiger partial charge in [0.05, 0.1) is 4.88 Å².